The van der Waals surface area contributed by atoms with Gasteiger partial charge in [-0.1, -0.05) is 12.1 Å². The molecule has 0 aromatic heterocycles. The fraction of sp³-hybridized carbons (Fsp3) is 0.385. The second-order valence-electron chi connectivity index (χ2n) is 4.07. The maximum absolute atomic E-state index is 12.1. The number of amides is 1. The van der Waals surface area contributed by atoms with E-state index >= 15 is 0 Å². The molecule has 1 N–H and O–H groups in total. The molecular formula is C13H15N3O. The van der Waals surface area contributed by atoms with Crippen LogP contribution < -0.4 is 5.32 Å². The minimum absolute atomic E-state index is 0.0787. The highest BCUT2D eigenvalue weighted by atomic mass is 16.2. The fourth-order valence-electron chi connectivity index (χ4n) is 1.91. The normalized spacial score (nSPS) is 15.4. The van der Waals surface area contributed by atoms with Crippen LogP contribution in [0.25, 0.3) is 0 Å². The summed E-state index contributed by atoms with van der Waals surface area (Å²) in [5, 5.41) is 11.8. The third-order valence-electron chi connectivity index (χ3n) is 2.89. The molecule has 4 nitrogen and oxygen atoms in total. The van der Waals surface area contributed by atoms with Gasteiger partial charge in [0.05, 0.1) is 12.5 Å². The lowest BCUT2D eigenvalue weighted by Gasteiger charge is -2.27. The molecule has 1 aromatic carbocycles. The van der Waals surface area contributed by atoms with Crippen LogP contribution in [-0.4, -0.2) is 37.0 Å². The van der Waals surface area contributed by atoms with Crippen LogP contribution in [0.2, 0.25) is 0 Å². The van der Waals surface area contributed by atoms with E-state index < -0.39 is 0 Å². The molecule has 1 aliphatic heterocycles. The van der Waals surface area contributed by atoms with Gasteiger partial charge in [-0.25, -0.2) is 0 Å². The van der Waals surface area contributed by atoms with Crippen LogP contribution in [0.1, 0.15) is 15.9 Å². The Balaban J connectivity index is 2.06. The number of rotatable bonds is 2. The van der Waals surface area contributed by atoms with Gasteiger partial charge in [0, 0.05) is 31.7 Å². The van der Waals surface area contributed by atoms with Gasteiger partial charge >= 0.3 is 0 Å². The van der Waals surface area contributed by atoms with Gasteiger partial charge in [0.25, 0.3) is 5.91 Å². The van der Waals surface area contributed by atoms with Gasteiger partial charge in [0.2, 0.25) is 0 Å². The van der Waals surface area contributed by atoms with Crippen molar-refractivity contribution in [3.63, 3.8) is 0 Å². The third kappa shape index (κ3) is 2.83. The summed E-state index contributed by atoms with van der Waals surface area (Å²) in [5.74, 6) is 0.0787. The Bertz CT molecular complexity index is 427. The molecule has 0 bridgehead atoms. The Morgan fingerprint density at radius 2 is 1.94 bits per heavy atom. The summed E-state index contributed by atoms with van der Waals surface area (Å²) >= 11 is 0. The SMILES string of the molecule is N#CCc1ccc(C(=O)N2CCNCC2)cc1. The van der Waals surface area contributed by atoms with E-state index in [4.69, 9.17) is 5.26 Å². The highest BCUT2D eigenvalue weighted by molar-refractivity contribution is 5.94. The number of hydrogen-bond donors (Lipinski definition) is 1. The summed E-state index contributed by atoms with van der Waals surface area (Å²) in [6, 6.07) is 9.39. The Morgan fingerprint density at radius 1 is 1.29 bits per heavy atom. The van der Waals surface area contributed by atoms with Gasteiger partial charge in [-0.2, -0.15) is 5.26 Å². The number of nitrogens with one attached hydrogen (secondary N) is 1. The van der Waals surface area contributed by atoms with E-state index in [-0.39, 0.29) is 5.91 Å². The molecule has 1 saturated heterocycles. The molecule has 1 heterocycles. The third-order valence-corrected chi connectivity index (χ3v) is 2.89. The smallest absolute Gasteiger partial charge is 0.253 e. The van der Waals surface area contributed by atoms with Crippen molar-refractivity contribution in [2.24, 2.45) is 0 Å². The largest absolute Gasteiger partial charge is 0.336 e. The molecule has 2 rings (SSSR count). The predicted octanol–water partition coefficient (Wildman–Crippen LogP) is 0.798. The quantitative estimate of drug-likeness (QED) is 0.816. The monoisotopic (exact) mass is 229 g/mol. The topological polar surface area (TPSA) is 56.1 Å². The maximum atomic E-state index is 12.1. The van der Waals surface area contributed by atoms with Crippen molar-refractivity contribution in [1.82, 2.24) is 10.2 Å². The molecule has 88 valence electrons. The van der Waals surface area contributed by atoms with Crippen LogP contribution in [0.15, 0.2) is 24.3 Å². The number of carbonyl (C=O) groups excluding carboxylic acids is 1. The molecule has 4 heteroatoms. The van der Waals surface area contributed by atoms with E-state index in [1.54, 1.807) is 12.1 Å². The summed E-state index contributed by atoms with van der Waals surface area (Å²) in [6.45, 7) is 3.24. The van der Waals surface area contributed by atoms with Crippen molar-refractivity contribution in [2.75, 3.05) is 26.2 Å². The van der Waals surface area contributed by atoms with Crippen LogP contribution in [0.5, 0.6) is 0 Å². The van der Waals surface area contributed by atoms with Crippen molar-refractivity contribution in [3.8, 4) is 6.07 Å². The summed E-state index contributed by atoms with van der Waals surface area (Å²) in [4.78, 5) is 14.0. The zero-order valence-corrected chi connectivity index (χ0v) is 9.65. The van der Waals surface area contributed by atoms with Crippen molar-refractivity contribution in [1.29, 1.82) is 5.26 Å². The summed E-state index contributed by atoms with van der Waals surface area (Å²) in [6.07, 6.45) is 0.391. The van der Waals surface area contributed by atoms with Crippen molar-refractivity contribution in [2.45, 2.75) is 6.42 Å². The number of hydrogen-bond acceptors (Lipinski definition) is 3. The standard InChI is InChI=1S/C13H15N3O/c14-6-5-11-1-3-12(4-2-11)13(17)16-9-7-15-8-10-16/h1-4,15H,5,7-10H2. The summed E-state index contributed by atoms with van der Waals surface area (Å²) in [7, 11) is 0. The van der Waals surface area contributed by atoms with Gasteiger partial charge in [-0.15, -0.1) is 0 Å². The van der Waals surface area contributed by atoms with Crippen LogP contribution in [0.4, 0.5) is 0 Å². The van der Waals surface area contributed by atoms with Crippen molar-refractivity contribution in [3.05, 3.63) is 35.4 Å². The second kappa shape index (κ2) is 5.46. The number of nitrogens with zero attached hydrogens (tertiary/aromatic N) is 2. The minimum Gasteiger partial charge on any atom is -0.336 e. The van der Waals surface area contributed by atoms with Crippen LogP contribution in [0, 0.1) is 11.3 Å². The molecular weight excluding hydrogens is 214 g/mol. The Kier molecular flexibility index (Phi) is 3.73. The van der Waals surface area contributed by atoms with Crippen LogP contribution in [-0.2, 0) is 6.42 Å². The van der Waals surface area contributed by atoms with E-state index in [0.717, 1.165) is 31.7 Å². The fourth-order valence-corrected chi connectivity index (χ4v) is 1.91. The Morgan fingerprint density at radius 3 is 2.53 bits per heavy atom. The Labute approximate surface area is 101 Å². The molecule has 1 amide bonds. The highest BCUT2D eigenvalue weighted by Gasteiger charge is 2.17. The van der Waals surface area contributed by atoms with Crippen molar-refractivity contribution >= 4 is 5.91 Å². The number of piperazine rings is 1. The molecule has 1 fully saturated rings. The highest BCUT2D eigenvalue weighted by Crippen LogP contribution is 2.08. The Hall–Kier alpha value is -1.86. The van der Waals surface area contributed by atoms with E-state index in [1.165, 1.54) is 0 Å². The van der Waals surface area contributed by atoms with Gasteiger partial charge in [-0.3, -0.25) is 4.79 Å². The average molecular weight is 229 g/mol. The number of carbonyl (C=O) groups is 1. The first kappa shape index (κ1) is 11.6. The van der Waals surface area contributed by atoms with Gasteiger partial charge in [-0.05, 0) is 17.7 Å². The molecule has 0 aliphatic carbocycles. The minimum atomic E-state index is 0.0787. The van der Waals surface area contributed by atoms with E-state index in [0.29, 0.717) is 12.0 Å². The average Bonchev–Trinajstić information content (AvgIpc) is 2.40. The first-order chi connectivity index (χ1) is 8.31. The zero-order chi connectivity index (χ0) is 12.1. The maximum Gasteiger partial charge on any atom is 0.253 e. The van der Waals surface area contributed by atoms with Gasteiger partial charge in [0.15, 0.2) is 0 Å². The predicted molar refractivity (Wildman–Crippen MR) is 64.5 cm³/mol. The zero-order valence-electron chi connectivity index (χ0n) is 9.65. The molecule has 0 atom stereocenters. The first-order valence-electron chi connectivity index (χ1n) is 5.77. The van der Waals surface area contributed by atoms with Crippen LogP contribution in [0.3, 0.4) is 0 Å². The van der Waals surface area contributed by atoms with Crippen molar-refractivity contribution < 1.29 is 4.79 Å². The summed E-state index contributed by atoms with van der Waals surface area (Å²) < 4.78 is 0. The van der Waals surface area contributed by atoms with E-state index in [1.807, 2.05) is 17.0 Å². The first-order valence-corrected chi connectivity index (χ1v) is 5.77. The van der Waals surface area contributed by atoms with Gasteiger partial charge in [0.1, 0.15) is 0 Å². The molecule has 1 aliphatic rings. The lowest BCUT2D eigenvalue weighted by Crippen LogP contribution is -2.46. The van der Waals surface area contributed by atoms with E-state index in [9.17, 15) is 4.79 Å². The molecule has 17 heavy (non-hydrogen) atoms. The van der Waals surface area contributed by atoms with E-state index in [2.05, 4.69) is 11.4 Å². The molecule has 0 saturated carbocycles. The summed E-state index contributed by atoms with van der Waals surface area (Å²) in [5.41, 5.74) is 1.65. The lowest BCUT2D eigenvalue weighted by atomic mass is 10.1. The lowest BCUT2D eigenvalue weighted by molar-refractivity contribution is 0.0736. The number of nitriles is 1. The molecule has 0 radical (unpaired) electrons. The van der Waals surface area contributed by atoms with Crippen LogP contribution >= 0.6 is 0 Å². The second-order valence-corrected chi connectivity index (χ2v) is 4.07. The van der Waals surface area contributed by atoms with Gasteiger partial charge < -0.3 is 10.2 Å². The molecule has 1 aromatic rings. The molecule has 0 spiro atoms. The molecule has 0 unspecified atom stereocenters. The number of benzene rings is 1.